The zero-order valence-electron chi connectivity index (χ0n) is 23.6. The summed E-state index contributed by atoms with van der Waals surface area (Å²) in [6.45, 7) is 1.29. The number of aromatic nitrogens is 2. The van der Waals surface area contributed by atoms with Crippen LogP contribution in [0.3, 0.4) is 0 Å². The van der Waals surface area contributed by atoms with Crippen molar-refractivity contribution in [3.05, 3.63) is 87.6 Å². The summed E-state index contributed by atoms with van der Waals surface area (Å²) in [7, 11) is 3.76. The van der Waals surface area contributed by atoms with Crippen molar-refractivity contribution >= 4 is 40.0 Å². The van der Waals surface area contributed by atoms with Gasteiger partial charge in [-0.05, 0) is 50.0 Å². The van der Waals surface area contributed by atoms with Crippen molar-refractivity contribution in [1.82, 2.24) is 14.5 Å². The molecular formula is C30H26ClF3N6O4. The second kappa shape index (κ2) is 12.1. The van der Waals surface area contributed by atoms with Gasteiger partial charge in [0.1, 0.15) is 28.7 Å². The molecule has 5 rings (SSSR count). The lowest BCUT2D eigenvalue weighted by atomic mass is 10.1. The first-order chi connectivity index (χ1) is 20.9. The Labute approximate surface area is 254 Å². The molecule has 2 aromatic heterocycles. The van der Waals surface area contributed by atoms with Crippen LogP contribution in [-0.4, -0.2) is 71.4 Å². The number of nitrogens with zero attached hydrogens (tertiary/aromatic N) is 6. The predicted molar refractivity (Wildman–Crippen MR) is 159 cm³/mol. The number of hydrogen-bond donors (Lipinski definition) is 1. The Balaban J connectivity index is 1.69. The Bertz CT molecular complexity index is 1830. The van der Waals surface area contributed by atoms with Gasteiger partial charge in [0.15, 0.2) is 11.6 Å². The molecule has 0 spiro atoms. The first kappa shape index (κ1) is 30.7. The standard InChI is InChI=1S/C30H26ClF3N6O4/c1-37(2)16-18-5-7-20(8-6-18)40-17-22(29(42)43)26(41)21-14-23(32)25(27(24(21)40)44-30(31,33)34)38-10-12-39(13-11-38)28-19(15-35)4-3-9-36-28/h3-9,14,17H,10-13,16H2,1-2H3,(H,42,43). The Morgan fingerprint density at radius 3 is 2.41 bits per heavy atom. The highest BCUT2D eigenvalue weighted by Gasteiger charge is 2.35. The molecule has 0 radical (unpaired) electrons. The number of aromatic carboxylic acids is 1. The molecule has 10 nitrogen and oxygen atoms in total. The number of carboxylic acid groups (broad SMARTS) is 1. The summed E-state index contributed by atoms with van der Waals surface area (Å²) in [5.41, 5.74) is -5.18. The van der Waals surface area contributed by atoms with Gasteiger partial charge in [-0.25, -0.2) is 14.2 Å². The van der Waals surface area contributed by atoms with E-state index in [0.717, 1.165) is 17.8 Å². The molecule has 44 heavy (non-hydrogen) atoms. The molecule has 0 aliphatic carbocycles. The fourth-order valence-electron chi connectivity index (χ4n) is 5.28. The van der Waals surface area contributed by atoms with Gasteiger partial charge in [-0.3, -0.25) is 4.79 Å². The third kappa shape index (κ3) is 6.13. The van der Waals surface area contributed by atoms with Crippen molar-refractivity contribution in [2.24, 2.45) is 0 Å². The summed E-state index contributed by atoms with van der Waals surface area (Å²) in [6, 6.07) is 12.9. The minimum Gasteiger partial charge on any atom is -0.477 e. The maximum atomic E-state index is 15.9. The number of hydrogen-bond acceptors (Lipinski definition) is 8. The van der Waals surface area contributed by atoms with Gasteiger partial charge in [-0.15, -0.1) is 8.78 Å². The largest absolute Gasteiger partial charge is 0.487 e. The Morgan fingerprint density at radius 2 is 1.82 bits per heavy atom. The molecule has 0 atom stereocenters. The van der Waals surface area contributed by atoms with Crippen LogP contribution in [0.1, 0.15) is 21.5 Å². The van der Waals surface area contributed by atoms with E-state index in [4.69, 9.17) is 16.3 Å². The summed E-state index contributed by atoms with van der Waals surface area (Å²) in [4.78, 5) is 34.8. The lowest BCUT2D eigenvalue weighted by Gasteiger charge is -2.38. The van der Waals surface area contributed by atoms with E-state index in [0.29, 0.717) is 23.6 Å². The first-order valence-corrected chi connectivity index (χ1v) is 13.8. The third-order valence-electron chi connectivity index (χ3n) is 7.13. The van der Waals surface area contributed by atoms with Crippen molar-refractivity contribution < 1.29 is 27.8 Å². The number of benzene rings is 2. The minimum atomic E-state index is -4.31. The van der Waals surface area contributed by atoms with Crippen molar-refractivity contribution in [3.8, 4) is 17.5 Å². The van der Waals surface area contributed by atoms with Crippen LogP contribution in [-0.2, 0) is 6.54 Å². The number of piperazine rings is 1. The smallest absolute Gasteiger partial charge is 0.477 e. The zero-order chi connectivity index (χ0) is 31.8. The molecule has 0 unspecified atom stereocenters. The molecule has 228 valence electrons. The summed E-state index contributed by atoms with van der Waals surface area (Å²) < 4.78 is 50.8. The highest BCUT2D eigenvalue weighted by Crippen LogP contribution is 2.43. The van der Waals surface area contributed by atoms with E-state index >= 15 is 4.39 Å². The lowest BCUT2D eigenvalue weighted by molar-refractivity contribution is -0.0955. The zero-order valence-corrected chi connectivity index (χ0v) is 24.4. The van der Waals surface area contributed by atoms with Gasteiger partial charge in [0, 0.05) is 62.4 Å². The Hall–Kier alpha value is -4.80. The van der Waals surface area contributed by atoms with E-state index < -0.39 is 39.5 Å². The van der Waals surface area contributed by atoms with Gasteiger partial charge in [0.25, 0.3) is 0 Å². The van der Waals surface area contributed by atoms with Crippen LogP contribution in [0.4, 0.5) is 24.7 Å². The molecule has 14 heteroatoms. The Morgan fingerprint density at radius 1 is 1.16 bits per heavy atom. The number of anilines is 2. The quantitative estimate of drug-likeness (QED) is 0.279. The van der Waals surface area contributed by atoms with Crippen LogP contribution in [0.25, 0.3) is 16.6 Å². The SMILES string of the molecule is CN(C)Cc1ccc(-n2cc(C(=O)O)c(=O)c3cc(F)c(N4CCN(c5ncccc5C#N)CC4)c(OC(F)(F)Cl)c32)cc1. The van der Waals surface area contributed by atoms with Crippen LogP contribution in [0, 0.1) is 17.1 Å². The molecule has 1 fully saturated rings. The number of nitriles is 1. The molecule has 4 aromatic rings. The molecule has 1 aliphatic rings. The highest BCUT2D eigenvalue weighted by atomic mass is 35.5. The number of alkyl halides is 3. The van der Waals surface area contributed by atoms with Gasteiger partial charge >= 0.3 is 11.5 Å². The molecule has 1 saturated heterocycles. The van der Waals surface area contributed by atoms with E-state index in [1.165, 1.54) is 15.7 Å². The summed E-state index contributed by atoms with van der Waals surface area (Å²) >= 11 is 5.23. The molecule has 3 heterocycles. The maximum absolute atomic E-state index is 15.9. The number of ether oxygens (including phenoxy) is 1. The average Bonchev–Trinajstić information content (AvgIpc) is 2.97. The molecular weight excluding hydrogens is 601 g/mol. The number of pyridine rings is 2. The fourth-order valence-corrected chi connectivity index (χ4v) is 5.36. The van der Waals surface area contributed by atoms with Crippen LogP contribution in [0.15, 0.2) is 59.7 Å². The average molecular weight is 627 g/mol. The van der Waals surface area contributed by atoms with Crippen LogP contribution >= 0.6 is 11.6 Å². The van der Waals surface area contributed by atoms with Crippen LogP contribution < -0.4 is 20.0 Å². The second-order valence-corrected chi connectivity index (χ2v) is 10.8. The first-order valence-electron chi connectivity index (χ1n) is 13.4. The van der Waals surface area contributed by atoms with E-state index in [1.807, 2.05) is 23.9 Å². The topological polar surface area (TPSA) is 115 Å². The van der Waals surface area contributed by atoms with Gasteiger partial charge in [0.05, 0.1) is 10.9 Å². The number of carbonyl (C=O) groups is 1. The number of carboxylic acids is 1. The minimum absolute atomic E-state index is 0.102. The summed E-state index contributed by atoms with van der Waals surface area (Å²) in [6.07, 6.45) is 2.54. The van der Waals surface area contributed by atoms with E-state index in [-0.39, 0.29) is 37.4 Å². The molecule has 2 aromatic carbocycles. The molecule has 0 bridgehead atoms. The van der Waals surface area contributed by atoms with Crippen molar-refractivity contribution in [2.45, 2.75) is 12.1 Å². The highest BCUT2D eigenvalue weighted by molar-refractivity contribution is 6.21. The van der Waals surface area contributed by atoms with Crippen molar-refractivity contribution in [2.75, 3.05) is 50.1 Å². The van der Waals surface area contributed by atoms with Crippen molar-refractivity contribution in [1.29, 1.82) is 5.26 Å². The molecule has 0 saturated carbocycles. The second-order valence-electron chi connectivity index (χ2n) is 10.4. The molecule has 0 amide bonds. The Kier molecular flexibility index (Phi) is 8.40. The predicted octanol–water partition coefficient (Wildman–Crippen LogP) is 4.65. The van der Waals surface area contributed by atoms with Crippen molar-refractivity contribution in [3.63, 3.8) is 0 Å². The van der Waals surface area contributed by atoms with Crippen LogP contribution in [0.2, 0.25) is 0 Å². The van der Waals surface area contributed by atoms with Gasteiger partial charge < -0.3 is 29.1 Å². The number of rotatable bonds is 8. The molecule has 1 N–H and O–H groups in total. The van der Waals surface area contributed by atoms with E-state index in [2.05, 4.69) is 11.1 Å². The molecule has 1 aliphatic heterocycles. The maximum Gasteiger partial charge on any atom is 0.487 e. The number of halogens is 4. The normalized spacial score (nSPS) is 13.8. The number of fused-ring (bicyclic) bond motifs is 1. The van der Waals surface area contributed by atoms with Gasteiger partial charge in [-0.1, -0.05) is 12.1 Å². The van der Waals surface area contributed by atoms with E-state index in [9.17, 15) is 28.7 Å². The monoisotopic (exact) mass is 626 g/mol. The van der Waals surface area contributed by atoms with Gasteiger partial charge in [-0.2, -0.15) is 5.26 Å². The lowest BCUT2D eigenvalue weighted by Crippen LogP contribution is -2.47. The fraction of sp³-hybridized carbons (Fsp3) is 0.267. The third-order valence-corrected chi connectivity index (χ3v) is 7.21. The van der Waals surface area contributed by atoms with E-state index in [1.54, 1.807) is 36.4 Å². The summed E-state index contributed by atoms with van der Waals surface area (Å²) in [5.74, 6) is -2.95. The summed E-state index contributed by atoms with van der Waals surface area (Å²) in [5, 5.41) is 18.7. The van der Waals surface area contributed by atoms with Crippen LogP contribution in [0.5, 0.6) is 5.75 Å². The van der Waals surface area contributed by atoms with Gasteiger partial charge in [0.2, 0.25) is 5.43 Å².